The number of halogens is 2. The maximum atomic E-state index is 14.0. The topological polar surface area (TPSA) is 117 Å². The van der Waals surface area contributed by atoms with Gasteiger partial charge in [0.25, 0.3) is 0 Å². The van der Waals surface area contributed by atoms with E-state index in [1.54, 1.807) is 6.07 Å². The van der Waals surface area contributed by atoms with E-state index in [1.807, 2.05) is 0 Å². The van der Waals surface area contributed by atoms with E-state index in [0.717, 1.165) is 22.5 Å². The minimum Gasteiger partial charge on any atom is -0.494 e. The molecule has 3 aromatic carbocycles. The van der Waals surface area contributed by atoms with E-state index in [4.69, 9.17) is 14.7 Å². The zero-order chi connectivity index (χ0) is 25.8. The average Bonchev–Trinajstić information content (AvgIpc) is 2.82. The van der Waals surface area contributed by atoms with Crippen molar-refractivity contribution in [1.82, 2.24) is 4.31 Å². The second-order valence-corrected chi connectivity index (χ2v) is 9.47. The summed E-state index contributed by atoms with van der Waals surface area (Å²) in [5.74, 6) is -2.92. The first-order chi connectivity index (χ1) is 16.5. The predicted octanol–water partition coefficient (Wildman–Crippen LogP) is 3.87. The highest BCUT2D eigenvalue weighted by Crippen LogP contribution is 2.26. The van der Waals surface area contributed by atoms with Crippen LogP contribution in [0, 0.1) is 23.0 Å². The van der Waals surface area contributed by atoms with Crippen LogP contribution in [0.25, 0.3) is 0 Å². The van der Waals surface area contributed by atoms with E-state index in [9.17, 15) is 27.1 Å². The van der Waals surface area contributed by atoms with Gasteiger partial charge in [0, 0.05) is 19.2 Å². The summed E-state index contributed by atoms with van der Waals surface area (Å²) < 4.78 is 64.6. The van der Waals surface area contributed by atoms with Crippen molar-refractivity contribution in [3.05, 3.63) is 89.0 Å². The summed E-state index contributed by atoms with van der Waals surface area (Å²) in [6, 6.07) is 14.2. The highest BCUT2D eigenvalue weighted by Gasteiger charge is 2.25. The maximum Gasteiger partial charge on any atom is 0.349 e. The zero-order valence-corrected chi connectivity index (χ0v) is 19.4. The van der Waals surface area contributed by atoms with Gasteiger partial charge in [-0.3, -0.25) is 0 Å². The molecule has 0 bridgehead atoms. The molecule has 3 rings (SSSR count). The summed E-state index contributed by atoms with van der Waals surface area (Å²) in [6.07, 6.45) is -1.57. The lowest BCUT2D eigenvalue weighted by molar-refractivity contribution is -0.145. The highest BCUT2D eigenvalue weighted by atomic mass is 32.2. The number of hydrogen-bond acceptors (Lipinski definition) is 6. The molecule has 0 heterocycles. The Morgan fingerprint density at radius 3 is 2.37 bits per heavy atom. The van der Waals surface area contributed by atoms with E-state index in [1.165, 1.54) is 56.6 Å². The Balaban J connectivity index is 1.76. The van der Waals surface area contributed by atoms with E-state index < -0.39 is 33.7 Å². The van der Waals surface area contributed by atoms with Crippen molar-refractivity contribution in [2.75, 3.05) is 14.2 Å². The second kappa shape index (κ2) is 10.5. The Morgan fingerprint density at radius 2 is 1.80 bits per heavy atom. The second-order valence-electron chi connectivity index (χ2n) is 7.42. The molecule has 8 nitrogen and oxygen atoms in total. The van der Waals surface area contributed by atoms with Crippen LogP contribution in [0.1, 0.15) is 22.8 Å². The van der Waals surface area contributed by atoms with Crippen molar-refractivity contribution in [3.8, 4) is 17.6 Å². The van der Waals surface area contributed by atoms with Crippen LogP contribution >= 0.6 is 0 Å². The molecule has 0 spiro atoms. The van der Waals surface area contributed by atoms with Crippen LogP contribution in [0.4, 0.5) is 8.78 Å². The number of nitrogens with zero attached hydrogens (tertiary/aromatic N) is 2. The molecule has 1 N–H and O–H groups in total. The van der Waals surface area contributed by atoms with Crippen LogP contribution in [0.3, 0.4) is 0 Å². The molecule has 0 aliphatic carbocycles. The number of methoxy groups -OCH3 is 1. The largest absolute Gasteiger partial charge is 0.494 e. The molecule has 0 fully saturated rings. The number of carboxylic acid groups (broad SMARTS) is 1. The van der Waals surface area contributed by atoms with Gasteiger partial charge in [0.05, 0.1) is 23.6 Å². The number of sulfonamides is 1. The fourth-order valence-corrected chi connectivity index (χ4v) is 4.40. The summed E-state index contributed by atoms with van der Waals surface area (Å²) in [6.45, 7) is -0.0615. The fourth-order valence-electron chi connectivity index (χ4n) is 3.23. The first-order valence-corrected chi connectivity index (χ1v) is 11.5. The zero-order valence-electron chi connectivity index (χ0n) is 18.6. The van der Waals surface area contributed by atoms with Crippen LogP contribution in [-0.4, -0.2) is 38.0 Å². The third kappa shape index (κ3) is 5.92. The quantitative estimate of drug-likeness (QED) is 0.472. The summed E-state index contributed by atoms with van der Waals surface area (Å²) in [7, 11) is -1.40. The number of hydrogen-bond donors (Lipinski definition) is 1. The molecule has 11 heteroatoms. The maximum absolute atomic E-state index is 14.0. The molecular formula is C24H20F2N2O6S. The van der Waals surface area contributed by atoms with E-state index in [2.05, 4.69) is 0 Å². The fraction of sp³-hybridized carbons (Fsp3) is 0.167. The first kappa shape index (κ1) is 25.6. The standard InChI is InChI=1S/C24H20F2N2O6S/c1-28(35(31,32)20-7-8-22(33-2)21(26)12-20)14-15-3-5-19(6-4-15)34-23(24(29)30)17-9-16(13-27)10-18(25)11-17/h3-12,23H,14H2,1-2H3,(H,29,30). The monoisotopic (exact) mass is 502 g/mol. The molecule has 0 radical (unpaired) electrons. The summed E-state index contributed by atoms with van der Waals surface area (Å²) in [5.41, 5.74) is 0.448. The van der Waals surface area contributed by atoms with Crippen molar-refractivity contribution in [2.45, 2.75) is 17.5 Å². The molecule has 0 saturated carbocycles. The molecule has 1 atom stereocenters. The van der Waals surface area contributed by atoms with Crippen LogP contribution in [0.2, 0.25) is 0 Å². The summed E-state index contributed by atoms with van der Waals surface area (Å²) >= 11 is 0. The Morgan fingerprint density at radius 1 is 1.11 bits per heavy atom. The third-order valence-corrected chi connectivity index (χ3v) is 6.79. The SMILES string of the molecule is COc1ccc(S(=O)(=O)N(C)Cc2ccc(OC(C(=O)O)c3cc(F)cc(C#N)c3)cc2)cc1F. The molecule has 1 unspecified atom stereocenters. The lowest BCUT2D eigenvalue weighted by Gasteiger charge is -2.19. The summed E-state index contributed by atoms with van der Waals surface area (Å²) in [5, 5.41) is 18.5. The minimum absolute atomic E-state index is 0.0457. The number of rotatable bonds is 9. The molecular weight excluding hydrogens is 482 g/mol. The molecule has 0 aliphatic rings. The van der Waals surface area contributed by atoms with Gasteiger partial charge in [-0.15, -0.1) is 0 Å². The van der Waals surface area contributed by atoms with Crippen LogP contribution < -0.4 is 9.47 Å². The van der Waals surface area contributed by atoms with Gasteiger partial charge in [-0.1, -0.05) is 12.1 Å². The first-order valence-electron chi connectivity index (χ1n) is 10.0. The van der Waals surface area contributed by atoms with E-state index in [0.29, 0.717) is 5.56 Å². The van der Waals surface area contributed by atoms with Gasteiger partial charge >= 0.3 is 5.97 Å². The summed E-state index contributed by atoms with van der Waals surface area (Å²) in [4.78, 5) is 11.5. The minimum atomic E-state index is -4.00. The van der Waals surface area contributed by atoms with Crippen molar-refractivity contribution in [1.29, 1.82) is 5.26 Å². The van der Waals surface area contributed by atoms with E-state index in [-0.39, 0.29) is 34.1 Å². The van der Waals surface area contributed by atoms with Gasteiger partial charge in [0.2, 0.25) is 16.1 Å². The Bertz CT molecular complexity index is 1390. The van der Waals surface area contributed by atoms with Crippen molar-refractivity contribution < 1.29 is 36.6 Å². The van der Waals surface area contributed by atoms with E-state index >= 15 is 0 Å². The third-order valence-electron chi connectivity index (χ3n) is 4.99. The molecule has 0 saturated heterocycles. The van der Waals surface area contributed by atoms with Crippen LogP contribution in [-0.2, 0) is 21.4 Å². The molecule has 35 heavy (non-hydrogen) atoms. The predicted molar refractivity (Wildman–Crippen MR) is 120 cm³/mol. The Kier molecular flexibility index (Phi) is 7.68. The van der Waals surface area contributed by atoms with Gasteiger partial charge in [0.15, 0.2) is 11.6 Å². The van der Waals surface area contributed by atoms with Crippen molar-refractivity contribution in [3.63, 3.8) is 0 Å². The molecule has 182 valence electrons. The number of carbonyl (C=O) groups is 1. The number of ether oxygens (including phenoxy) is 2. The highest BCUT2D eigenvalue weighted by molar-refractivity contribution is 7.89. The van der Waals surface area contributed by atoms with Gasteiger partial charge in [-0.05, 0) is 54.1 Å². The number of aliphatic carboxylic acids is 1. The molecule has 3 aromatic rings. The number of carboxylic acids is 1. The van der Waals surface area contributed by atoms with Gasteiger partial charge in [0.1, 0.15) is 11.6 Å². The lowest BCUT2D eigenvalue weighted by Crippen LogP contribution is -2.26. The average molecular weight is 502 g/mol. The van der Waals surface area contributed by atoms with Gasteiger partial charge < -0.3 is 14.6 Å². The number of nitriles is 1. The van der Waals surface area contributed by atoms with Crippen molar-refractivity contribution >= 4 is 16.0 Å². The number of benzene rings is 3. The Hall–Kier alpha value is -4.01. The molecule has 0 aliphatic heterocycles. The van der Waals surface area contributed by atoms with Crippen LogP contribution in [0.5, 0.6) is 11.5 Å². The smallest absolute Gasteiger partial charge is 0.349 e. The van der Waals surface area contributed by atoms with Gasteiger partial charge in [-0.25, -0.2) is 22.0 Å². The van der Waals surface area contributed by atoms with Gasteiger partial charge in [-0.2, -0.15) is 9.57 Å². The molecule has 0 aromatic heterocycles. The van der Waals surface area contributed by atoms with Crippen molar-refractivity contribution in [2.24, 2.45) is 0 Å². The Labute approximate surface area is 200 Å². The normalized spacial score (nSPS) is 12.1. The van der Waals surface area contributed by atoms with Crippen LogP contribution in [0.15, 0.2) is 65.6 Å². The lowest BCUT2D eigenvalue weighted by atomic mass is 10.1. The molecule has 0 amide bonds.